The minimum atomic E-state index is -0.688. The van der Waals surface area contributed by atoms with Crippen molar-refractivity contribution in [2.45, 2.75) is 154 Å². The molecular weight excluding hydrogens is 977 g/mol. The first kappa shape index (κ1) is 52.8. The number of aromatic nitrogens is 4. The lowest BCUT2D eigenvalue weighted by molar-refractivity contribution is -0.139. The fraction of sp³-hybridized carbons (Fsp3) is 0.469. The Kier molecular flexibility index (Phi) is 15.3. The zero-order valence-corrected chi connectivity index (χ0v) is 46.1. The largest absolute Gasteiger partial charge is 0.453 e. The van der Waals surface area contributed by atoms with E-state index in [0.717, 1.165) is 111 Å². The number of nitrogens with one attached hydrogen (secondary N) is 4. The number of H-pyrrole nitrogens is 2. The first-order valence-corrected chi connectivity index (χ1v) is 28.7. The molecule has 4 bridgehead atoms. The lowest BCUT2D eigenvalue weighted by Crippen LogP contribution is -2.53. The number of carbonyl (C=O) groups excluding carboxylic acids is 4. The quantitative estimate of drug-likeness (QED) is 0.0937. The van der Waals surface area contributed by atoms with E-state index in [1.165, 1.54) is 71.6 Å². The van der Waals surface area contributed by atoms with Crippen LogP contribution in [-0.2, 0) is 44.7 Å². The van der Waals surface area contributed by atoms with E-state index in [2.05, 4.69) is 106 Å². The van der Waals surface area contributed by atoms with Gasteiger partial charge in [-0.25, -0.2) is 19.6 Å². The maximum atomic E-state index is 14.4. The number of likely N-dealkylation sites (tertiary alicyclic amines) is 2. The number of benzene rings is 4. The molecule has 4 heterocycles. The number of nitrogens with zero attached hydrogens (tertiary/aromatic N) is 4. The van der Waals surface area contributed by atoms with Gasteiger partial charge in [0.2, 0.25) is 11.8 Å². The van der Waals surface area contributed by atoms with Crippen LogP contribution in [0, 0.1) is 23.7 Å². The van der Waals surface area contributed by atoms with Gasteiger partial charge >= 0.3 is 12.2 Å². The highest BCUT2D eigenvalue weighted by Gasteiger charge is 2.50. The van der Waals surface area contributed by atoms with Crippen LogP contribution in [0.1, 0.15) is 138 Å². The second-order valence-electron chi connectivity index (χ2n) is 23.4. The van der Waals surface area contributed by atoms with Crippen LogP contribution in [0.25, 0.3) is 44.8 Å². The Morgan fingerprint density at radius 1 is 0.526 bits per heavy atom. The second kappa shape index (κ2) is 22.6. The second-order valence-corrected chi connectivity index (χ2v) is 23.4. The monoisotopic (exact) mass is 1050 g/mol. The van der Waals surface area contributed by atoms with Crippen molar-refractivity contribution in [1.82, 2.24) is 40.4 Å². The number of carbonyl (C=O) groups is 4. The van der Waals surface area contributed by atoms with E-state index in [-0.39, 0.29) is 47.8 Å². The Morgan fingerprint density at radius 2 is 0.910 bits per heavy atom. The minimum Gasteiger partial charge on any atom is -0.453 e. The van der Waals surface area contributed by atoms with Crippen LogP contribution in [0.15, 0.2) is 97.3 Å². The molecule has 6 aliphatic carbocycles. The van der Waals surface area contributed by atoms with E-state index in [1.54, 1.807) is 0 Å². The molecule has 2 saturated heterocycles. The fourth-order valence-electron chi connectivity index (χ4n) is 13.8. The number of hydrogen-bond acceptors (Lipinski definition) is 8. The number of methoxy groups -OCH3 is 2. The number of hydrogen-bond donors (Lipinski definition) is 4. The van der Waals surface area contributed by atoms with E-state index in [4.69, 9.17) is 19.4 Å². The number of amides is 4. The molecule has 4 N–H and O–H groups in total. The number of aryl methyl sites for hydroxylation is 4. The molecule has 14 rings (SSSR count). The molecule has 0 radical (unpaired) electrons. The number of ether oxygens (including phenoxy) is 2. The van der Waals surface area contributed by atoms with Crippen LogP contribution in [0.3, 0.4) is 0 Å². The summed E-state index contributed by atoms with van der Waals surface area (Å²) in [6.45, 7) is 7.84. The third-order valence-electron chi connectivity index (χ3n) is 18.0. The normalized spacial score (nSPS) is 22.6. The SMILES string of the molecule is COC(=O)NC(C(=O)N1C(c2ncc(-c3ccc(-c4cc5ccc4CCc4ccc(c(-c6ccc(-c7cnc(C8CC9CCCCC9N8C(=O)C(NC(=O)OC)C(C)C)[nH]7)cc6)c4)CC5)cc3)[nH]2)CC2CCCCC21)C(C)C. The summed E-state index contributed by atoms with van der Waals surface area (Å²) in [5.74, 6) is 2.04. The average Bonchev–Trinajstić information content (AvgIpc) is 4.31. The zero-order valence-electron chi connectivity index (χ0n) is 46.1. The summed E-state index contributed by atoms with van der Waals surface area (Å²) in [7, 11) is 2.66. The Bertz CT molecular complexity index is 2930. The highest BCUT2D eigenvalue weighted by Crippen LogP contribution is 2.48. The summed E-state index contributed by atoms with van der Waals surface area (Å²) in [6, 6.07) is 30.1. The van der Waals surface area contributed by atoms with Gasteiger partial charge in [0.15, 0.2) is 0 Å². The van der Waals surface area contributed by atoms with Gasteiger partial charge in [0.25, 0.3) is 0 Å². The van der Waals surface area contributed by atoms with Crippen molar-refractivity contribution < 1.29 is 28.7 Å². The van der Waals surface area contributed by atoms with Gasteiger partial charge < -0.3 is 39.9 Å². The molecule has 14 heteroatoms. The van der Waals surface area contributed by atoms with E-state index in [9.17, 15) is 19.2 Å². The molecule has 408 valence electrons. The topological polar surface area (TPSA) is 175 Å². The van der Waals surface area contributed by atoms with E-state index >= 15 is 0 Å². The fourth-order valence-corrected chi connectivity index (χ4v) is 13.8. The Morgan fingerprint density at radius 3 is 1.29 bits per heavy atom. The van der Waals surface area contributed by atoms with Crippen molar-refractivity contribution in [3.8, 4) is 44.8 Å². The third kappa shape index (κ3) is 10.6. The molecule has 8 aliphatic rings. The molecule has 2 aromatic heterocycles. The number of rotatable bonds is 12. The molecule has 4 aromatic carbocycles. The van der Waals surface area contributed by atoms with Crippen molar-refractivity contribution in [2.24, 2.45) is 23.7 Å². The molecule has 2 aliphatic heterocycles. The van der Waals surface area contributed by atoms with Gasteiger partial charge in [0.05, 0.1) is 50.1 Å². The lowest BCUT2D eigenvalue weighted by atomic mass is 9.84. The van der Waals surface area contributed by atoms with Crippen LogP contribution >= 0.6 is 0 Å². The maximum absolute atomic E-state index is 14.4. The third-order valence-corrected chi connectivity index (χ3v) is 18.0. The van der Waals surface area contributed by atoms with Crippen LogP contribution < -0.4 is 10.6 Å². The molecule has 2 saturated carbocycles. The zero-order chi connectivity index (χ0) is 54.2. The van der Waals surface area contributed by atoms with Crippen LogP contribution in [-0.4, -0.2) is 92.1 Å². The Labute approximate surface area is 458 Å². The van der Waals surface area contributed by atoms with Crippen molar-refractivity contribution in [3.63, 3.8) is 0 Å². The minimum absolute atomic E-state index is 0.0685. The molecule has 4 fully saturated rings. The summed E-state index contributed by atoms with van der Waals surface area (Å²) in [5, 5.41) is 5.65. The first-order valence-electron chi connectivity index (χ1n) is 28.7. The number of alkyl carbamates (subject to hydrolysis) is 2. The summed E-state index contributed by atoms with van der Waals surface area (Å²) < 4.78 is 9.83. The van der Waals surface area contributed by atoms with E-state index < -0.39 is 24.3 Å². The summed E-state index contributed by atoms with van der Waals surface area (Å²) in [4.78, 5) is 74.7. The maximum Gasteiger partial charge on any atom is 0.407 e. The molecule has 78 heavy (non-hydrogen) atoms. The Hall–Kier alpha value is -7.22. The van der Waals surface area contributed by atoms with Gasteiger partial charge in [-0.2, -0.15) is 0 Å². The van der Waals surface area contributed by atoms with Gasteiger partial charge in [-0.3, -0.25) is 9.59 Å². The highest BCUT2D eigenvalue weighted by molar-refractivity contribution is 5.88. The lowest BCUT2D eigenvalue weighted by Gasteiger charge is -2.36. The van der Waals surface area contributed by atoms with Gasteiger partial charge in [0.1, 0.15) is 23.7 Å². The van der Waals surface area contributed by atoms with Crippen LogP contribution in [0.5, 0.6) is 0 Å². The standard InChI is InChI=1S/C64H76N8O6/c1-37(2)57(69-63(75)77-5)61(73)71-53-13-9-7-11-47(53)33-55(71)59-65-35-51(67-59)45-27-23-43(24-28-45)49-31-39-15-19-41(49)21-17-40-16-20-42(22-18-39)50(32-40)44-25-29-46(30-26-44)52-36-66-60(68-52)56-34-48-12-8-10-14-54(48)72(56)62(74)58(38(3)4)70-64(76)78-6/h15-16,19-20,23-32,35-38,47-48,53-58H,7-14,17-18,21-22,33-34H2,1-6H3,(H,65,67)(H,66,68)(H,69,75)(H,70,76). The number of fused-ring (bicyclic) bond motifs is 2. The highest BCUT2D eigenvalue weighted by atomic mass is 16.5. The van der Waals surface area contributed by atoms with Gasteiger partial charge in [-0.1, -0.05) is 138 Å². The Balaban J connectivity index is 0.783. The molecule has 14 nitrogen and oxygen atoms in total. The predicted octanol–water partition coefficient (Wildman–Crippen LogP) is 12.1. The van der Waals surface area contributed by atoms with E-state index in [1.807, 2.05) is 49.9 Å². The van der Waals surface area contributed by atoms with Gasteiger partial charge in [0, 0.05) is 12.1 Å². The van der Waals surface area contributed by atoms with Crippen LogP contribution in [0.2, 0.25) is 0 Å². The molecule has 8 unspecified atom stereocenters. The molecular formula is C64H76N8O6. The molecule has 6 aromatic rings. The average molecular weight is 1050 g/mol. The molecule has 0 spiro atoms. The molecule has 8 atom stereocenters. The molecule has 4 amide bonds. The van der Waals surface area contributed by atoms with Crippen LogP contribution in [0.4, 0.5) is 9.59 Å². The summed E-state index contributed by atoms with van der Waals surface area (Å²) in [5.41, 5.74) is 14.0. The predicted molar refractivity (Wildman–Crippen MR) is 302 cm³/mol. The summed E-state index contributed by atoms with van der Waals surface area (Å²) in [6.07, 6.45) is 16.5. The van der Waals surface area contributed by atoms with Gasteiger partial charge in [-0.15, -0.1) is 0 Å². The van der Waals surface area contributed by atoms with Gasteiger partial charge in [-0.05, 0) is 144 Å². The first-order chi connectivity index (χ1) is 37.8. The van der Waals surface area contributed by atoms with Crippen molar-refractivity contribution >= 4 is 24.0 Å². The summed E-state index contributed by atoms with van der Waals surface area (Å²) >= 11 is 0. The van der Waals surface area contributed by atoms with E-state index in [0.29, 0.717) is 11.8 Å². The smallest absolute Gasteiger partial charge is 0.407 e. The van der Waals surface area contributed by atoms with Crippen molar-refractivity contribution in [1.29, 1.82) is 0 Å². The van der Waals surface area contributed by atoms with Crippen molar-refractivity contribution in [3.05, 3.63) is 131 Å². The number of imidazole rings is 2. The number of aromatic amines is 2. The van der Waals surface area contributed by atoms with Crippen molar-refractivity contribution in [2.75, 3.05) is 14.2 Å².